The lowest BCUT2D eigenvalue weighted by Gasteiger charge is -2.28. The molecule has 5 nitrogen and oxygen atoms in total. The predicted octanol–water partition coefficient (Wildman–Crippen LogP) is 3.47. The highest BCUT2D eigenvalue weighted by Gasteiger charge is 2.35. The summed E-state index contributed by atoms with van der Waals surface area (Å²) in [6.45, 7) is 4.54. The van der Waals surface area contributed by atoms with E-state index in [0.717, 1.165) is 10.4 Å². The van der Waals surface area contributed by atoms with E-state index in [2.05, 4.69) is 13.8 Å². The van der Waals surface area contributed by atoms with E-state index in [1.165, 1.54) is 0 Å². The maximum atomic E-state index is 12.9. The Labute approximate surface area is 164 Å². The highest BCUT2D eigenvalue weighted by atomic mass is 32.2. The van der Waals surface area contributed by atoms with Gasteiger partial charge in [-0.2, -0.15) is 0 Å². The normalized spacial score (nSPS) is 18.6. The van der Waals surface area contributed by atoms with E-state index < -0.39 is 9.84 Å². The molecule has 7 heteroatoms. The Morgan fingerprint density at radius 1 is 1.30 bits per heavy atom. The first-order chi connectivity index (χ1) is 12.8. The summed E-state index contributed by atoms with van der Waals surface area (Å²) in [5.74, 6) is 1.03. The van der Waals surface area contributed by atoms with Crippen molar-refractivity contribution in [2.24, 2.45) is 0 Å². The molecule has 0 unspecified atom stereocenters. The zero-order chi connectivity index (χ0) is 19.4. The SMILES string of the molecule is CC(C)c1cccc(OCC(=O)N(Cc2cccs2)[C@H]2CCS(=O)(=O)C2)c1. The summed E-state index contributed by atoms with van der Waals surface area (Å²) in [7, 11) is -3.07. The van der Waals surface area contributed by atoms with Gasteiger partial charge in [0.15, 0.2) is 16.4 Å². The molecule has 1 atom stereocenters. The van der Waals surface area contributed by atoms with Gasteiger partial charge < -0.3 is 9.64 Å². The van der Waals surface area contributed by atoms with Gasteiger partial charge >= 0.3 is 0 Å². The molecule has 3 rings (SSSR count). The lowest BCUT2D eigenvalue weighted by molar-refractivity contribution is -0.135. The van der Waals surface area contributed by atoms with Crippen LogP contribution in [0, 0.1) is 0 Å². The molecule has 0 radical (unpaired) electrons. The van der Waals surface area contributed by atoms with Crippen LogP contribution >= 0.6 is 11.3 Å². The van der Waals surface area contributed by atoms with Crippen LogP contribution in [0.1, 0.15) is 36.6 Å². The molecule has 146 valence electrons. The summed E-state index contributed by atoms with van der Waals surface area (Å²) < 4.78 is 29.5. The monoisotopic (exact) mass is 407 g/mol. The van der Waals surface area contributed by atoms with E-state index >= 15 is 0 Å². The minimum Gasteiger partial charge on any atom is -0.484 e. The average molecular weight is 408 g/mol. The molecule has 27 heavy (non-hydrogen) atoms. The Kier molecular flexibility index (Phi) is 6.22. The van der Waals surface area contributed by atoms with Crippen LogP contribution in [-0.2, 0) is 21.2 Å². The highest BCUT2D eigenvalue weighted by Crippen LogP contribution is 2.23. The zero-order valence-electron chi connectivity index (χ0n) is 15.6. The third-order valence-electron chi connectivity index (χ3n) is 4.76. The van der Waals surface area contributed by atoms with Crippen LogP contribution < -0.4 is 4.74 Å². The van der Waals surface area contributed by atoms with E-state index in [1.54, 1.807) is 16.2 Å². The van der Waals surface area contributed by atoms with E-state index in [9.17, 15) is 13.2 Å². The molecule has 1 aromatic heterocycles. The number of carbonyl (C=O) groups is 1. The first-order valence-corrected chi connectivity index (χ1v) is 11.8. The number of hydrogen-bond acceptors (Lipinski definition) is 5. The van der Waals surface area contributed by atoms with E-state index in [4.69, 9.17) is 4.74 Å². The molecular weight excluding hydrogens is 382 g/mol. The van der Waals surface area contributed by atoms with Crippen molar-refractivity contribution in [3.05, 3.63) is 52.2 Å². The molecule has 2 heterocycles. The lowest BCUT2D eigenvalue weighted by atomic mass is 10.0. The van der Waals surface area contributed by atoms with Crippen molar-refractivity contribution in [2.75, 3.05) is 18.1 Å². The van der Waals surface area contributed by atoms with Crippen LogP contribution in [0.4, 0.5) is 0 Å². The zero-order valence-corrected chi connectivity index (χ0v) is 17.3. The van der Waals surface area contributed by atoms with Crippen LogP contribution in [0.3, 0.4) is 0 Å². The van der Waals surface area contributed by atoms with Gasteiger partial charge in [-0.3, -0.25) is 4.79 Å². The third-order valence-corrected chi connectivity index (χ3v) is 7.37. The second-order valence-corrected chi connectivity index (χ2v) is 10.4. The van der Waals surface area contributed by atoms with E-state index in [1.807, 2.05) is 41.8 Å². The van der Waals surface area contributed by atoms with Crippen LogP contribution in [0.25, 0.3) is 0 Å². The minimum atomic E-state index is -3.07. The van der Waals surface area contributed by atoms with Crippen molar-refractivity contribution >= 4 is 27.1 Å². The van der Waals surface area contributed by atoms with Crippen molar-refractivity contribution in [3.63, 3.8) is 0 Å². The van der Waals surface area contributed by atoms with E-state index in [-0.39, 0.29) is 30.1 Å². The summed E-state index contributed by atoms with van der Waals surface area (Å²) >= 11 is 1.56. The molecule has 1 aliphatic heterocycles. The molecule has 0 N–H and O–H groups in total. The number of amides is 1. The summed E-state index contributed by atoms with van der Waals surface area (Å²) in [4.78, 5) is 15.6. The standard InChI is InChI=1S/C20H25NO4S2/c1-15(2)16-5-3-6-18(11-16)25-13-20(22)21(12-19-7-4-9-26-19)17-8-10-27(23,24)14-17/h3-7,9,11,15,17H,8,10,12-14H2,1-2H3/t17-/m0/s1. The van der Waals surface area contributed by atoms with Gasteiger partial charge in [-0.25, -0.2) is 8.42 Å². The summed E-state index contributed by atoms with van der Waals surface area (Å²) in [6.07, 6.45) is 0.488. The Morgan fingerprint density at radius 3 is 2.74 bits per heavy atom. The molecular formula is C20H25NO4S2. The van der Waals surface area contributed by atoms with Gasteiger partial charge in [0.2, 0.25) is 0 Å². The molecule has 1 aliphatic rings. The van der Waals surface area contributed by atoms with Crippen LogP contribution in [-0.4, -0.2) is 43.4 Å². The fraction of sp³-hybridized carbons (Fsp3) is 0.450. The summed E-state index contributed by atoms with van der Waals surface area (Å²) in [6, 6.07) is 11.3. The molecule has 0 spiro atoms. The fourth-order valence-corrected chi connectivity index (χ4v) is 5.64. The van der Waals surface area contributed by atoms with Crippen molar-refractivity contribution in [1.29, 1.82) is 0 Å². The van der Waals surface area contributed by atoms with Gasteiger partial charge in [-0.05, 0) is 41.5 Å². The highest BCUT2D eigenvalue weighted by molar-refractivity contribution is 7.91. The van der Waals surface area contributed by atoms with Gasteiger partial charge in [-0.1, -0.05) is 32.0 Å². The van der Waals surface area contributed by atoms with Gasteiger partial charge in [0, 0.05) is 10.9 Å². The Morgan fingerprint density at radius 2 is 2.11 bits per heavy atom. The van der Waals surface area contributed by atoms with Gasteiger partial charge in [0.05, 0.1) is 18.1 Å². The molecule has 1 aromatic carbocycles. The van der Waals surface area contributed by atoms with E-state index in [0.29, 0.717) is 24.6 Å². The minimum absolute atomic E-state index is 0.0347. The average Bonchev–Trinajstić information content (AvgIpc) is 3.27. The number of benzene rings is 1. The smallest absolute Gasteiger partial charge is 0.261 e. The Balaban J connectivity index is 1.70. The number of ether oxygens (including phenoxy) is 1. The first kappa shape index (κ1) is 19.9. The van der Waals surface area contributed by atoms with Gasteiger partial charge in [0.1, 0.15) is 5.75 Å². The molecule has 1 fully saturated rings. The van der Waals surface area contributed by atoms with Gasteiger partial charge in [-0.15, -0.1) is 11.3 Å². The number of sulfone groups is 1. The molecule has 2 aromatic rings. The first-order valence-electron chi connectivity index (χ1n) is 9.09. The summed E-state index contributed by atoms with van der Waals surface area (Å²) in [5.41, 5.74) is 1.15. The van der Waals surface area contributed by atoms with Crippen LogP contribution in [0.5, 0.6) is 5.75 Å². The van der Waals surface area contributed by atoms with Crippen molar-refractivity contribution in [2.45, 2.75) is 38.8 Å². The van der Waals surface area contributed by atoms with Crippen molar-refractivity contribution in [1.82, 2.24) is 4.90 Å². The molecule has 0 aliphatic carbocycles. The van der Waals surface area contributed by atoms with Crippen molar-refractivity contribution in [3.8, 4) is 5.75 Å². The molecule has 1 saturated heterocycles. The number of thiophene rings is 1. The fourth-order valence-electron chi connectivity index (χ4n) is 3.20. The quantitative estimate of drug-likeness (QED) is 0.705. The number of carbonyl (C=O) groups excluding carboxylic acids is 1. The number of rotatable bonds is 7. The largest absolute Gasteiger partial charge is 0.484 e. The molecule has 0 saturated carbocycles. The van der Waals surface area contributed by atoms with Gasteiger partial charge in [0.25, 0.3) is 5.91 Å². The van der Waals surface area contributed by atoms with Crippen LogP contribution in [0.2, 0.25) is 0 Å². The van der Waals surface area contributed by atoms with Crippen molar-refractivity contribution < 1.29 is 17.9 Å². The maximum Gasteiger partial charge on any atom is 0.261 e. The third kappa shape index (κ3) is 5.32. The summed E-state index contributed by atoms with van der Waals surface area (Å²) in [5, 5.41) is 1.96. The Hall–Kier alpha value is -1.86. The second kappa shape index (κ2) is 8.44. The Bertz CT molecular complexity index is 875. The number of hydrogen-bond donors (Lipinski definition) is 0. The van der Waals surface area contributed by atoms with Crippen LogP contribution in [0.15, 0.2) is 41.8 Å². The molecule has 1 amide bonds. The number of nitrogens with zero attached hydrogens (tertiary/aromatic N) is 1. The second-order valence-electron chi connectivity index (χ2n) is 7.17. The predicted molar refractivity (Wildman–Crippen MR) is 108 cm³/mol. The lowest BCUT2D eigenvalue weighted by Crippen LogP contribution is -2.42. The maximum absolute atomic E-state index is 12.9. The molecule has 0 bridgehead atoms. The topological polar surface area (TPSA) is 63.7 Å².